The highest BCUT2D eigenvalue weighted by Gasteiger charge is 2.24. The first-order valence-electron chi connectivity index (χ1n) is 8.92. The average Bonchev–Trinajstić information content (AvgIpc) is 3.26. The Bertz CT molecular complexity index is 773. The second kappa shape index (κ2) is 8.73. The number of rotatable bonds is 5. The molecule has 1 fully saturated rings. The quantitative estimate of drug-likeness (QED) is 0.604. The van der Waals surface area contributed by atoms with Crippen LogP contribution < -0.4 is 15.5 Å². The van der Waals surface area contributed by atoms with Gasteiger partial charge < -0.3 is 15.5 Å². The molecule has 0 spiro atoms. The number of halogens is 1. The zero-order valence-electron chi connectivity index (χ0n) is 15.6. The molecular weight excluding hydrogens is 366 g/mol. The van der Waals surface area contributed by atoms with Crippen molar-refractivity contribution in [1.82, 2.24) is 15.6 Å². The molecule has 1 saturated heterocycles. The first kappa shape index (κ1) is 19.0. The maximum absolute atomic E-state index is 6.17. The third-order valence-electron chi connectivity index (χ3n) is 4.66. The smallest absolute Gasteiger partial charge is 0.191 e. The van der Waals surface area contributed by atoms with Crippen LogP contribution in [0, 0.1) is 19.8 Å². The van der Waals surface area contributed by atoms with Crippen LogP contribution in [0.25, 0.3) is 0 Å². The zero-order chi connectivity index (χ0) is 18.5. The summed E-state index contributed by atoms with van der Waals surface area (Å²) >= 11 is 7.88. The fourth-order valence-electron chi connectivity index (χ4n) is 3.25. The summed E-state index contributed by atoms with van der Waals surface area (Å²) in [5.41, 5.74) is 2.53. The molecule has 0 amide bonds. The summed E-state index contributed by atoms with van der Waals surface area (Å²) in [6, 6.07) is 6.12. The molecule has 2 heterocycles. The Morgan fingerprint density at radius 1 is 1.38 bits per heavy atom. The van der Waals surface area contributed by atoms with E-state index in [1.807, 2.05) is 12.3 Å². The van der Waals surface area contributed by atoms with Crippen molar-refractivity contribution in [3.8, 4) is 0 Å². The van der Waals surface area contributed by atoms with Crippen molar-refractivity contribution >= 4 is 34.6 Å². The molecule has 26 heavy (non-hydrogen) atoms. The number of aryl methyl sites for hydroxylation is 2. The molecule has 1 atom stereocenters. The van der Waals surface area contributed by atoms with Gasteiger partial charge in [0.25, 0.3) is 0 Å². The lowest BCUT2D eigenvalue weighted by Crippen LogP contribution is -2.39. The number of thiazole rings is 1. The number of benzene rings is 1. The van der Waals surface area contributed by atoms with Crippen molar-refractivity contribution in [1.29, 1.82) is 0 Å². The molecule has 1 unspecified atom stereocenters. The minimum absolute atomic E-state index is 0.592. The molecule has 2 N–H and O–H groups in total. The summed E-state index contributed by atoms with van der Waals surface area (Å²) in [5, 5.41) is 8.67. The van der Waals surface area contributed by atoms with Gasteiger partial charge in [-0.2, -0.15) is 0 Å². The van der Waals surface area contributed by atoms with Gasteiger partial charge in [0, 0.05) is 48.5 Å². The van der Waals surface area contributed by atoms with Crippen molar-refractivity contribution in [3.63, 3.8) is 0 Å². The Balaban J connectivity index is 1.48. The first-order valence-corrected chi connectivity index (χ1v) is 10.1. The normalized spacial score (nSPS) is 17.6. The third-order valence-corrected chi connectivity index (χ3v) is 5.80. The molecule has 5 nitrogen and oxygen atoms in total. The van der Waals surface area contributed by atoms with Crippen LogP contribution in [-0.4, -0.2) is 37.6 Å². The van der Waals surface area contributed by atoms with E-state index in [0.29, 0.717) is 12.5 Å². The fourth-order valence-corrected chi connectivity index (χ4v) is 4.14. The van der Waals surface area contributed by atoms with Crippen molar-refractivity contribution in [2.75, 3.05) is 31.6 Å². The minimum atomic E-state index is 0.592. The van der Waals surface area contributed by atoms with E-state index in [1.165, 1.54) is 22.5 Å². The van der Waals surface area contributed by atoms with E-state index in [1.54, 1.807) is 18.4 Å². The first-order chi connectivity index (χ1) is 12.5. The van der Waals surface area contributed by atoms with Gasteiger partial charge in [0.2, 0.25) is 0 Å². The standard InChI is InChI=1S/C19H26ClN5S/c1-13-4-5-16(20)8-17(13)25-7-6-15(12-25)10-23-19(21-3)24-11-18-22-9-14(2)26-18/h4-5,8-9,15H,6-7,10-12H2,1-3H3,(H2,21,23,24). The number of aromatic nitrogens is 1. The Labute approximate surface area is 164 Å². The van der Waals surface area contributed by atoms with Gasteiger partial charge >= 0.3 is 0 Å². The van der Waals surface area contributed by atoms with Crippen LogP contribution in [0.1, 0.15) is 21.9 Å². The minimum Gasteiger partial charge on any atom is -0.371 e. The second-order valence-electron chi connectivity index (χ2n) is 6.70. The van der Waals surface area contributed by atoms with E-state index in [-0.39, 0.29) is 0 Å². The van der Waals surface area contributed by atoms with Crippen molar-refractivity contribution in [3.05, 3.63) is 44.9 Å². The lowest BCUT2D eigenvalue weighted by atomic mass is 10.1. The Morgan fingerprint density at radius 2 is 2.23 bits per heavy atom. The summed E-state index contributed by atoms with van der Waals surface area (Å²) < 4.78 is 0. The molecule has 2 aromatic rings. The van der Waals surface area contributed by atoms with Crippen LogP contribution in [0.2, 0.25) is 5.02 Å². The van der Waals surface area contributed by atoms with Crippen LogP contribution in [-0.2, 0) is 6.54 Å². The highest BCUT2D eigenvalue weighted by Crippen LogP contribution is 2.29. The number of aliphatic imine (C=N–C) groups is 1. The third kappa shape index (κ3) is 4.89. The maximum Gasteiger partial charge on any atom is 0.191 e. The van der Waals surface area contributed by atoms with Crippen LogP contribution in [0.4, 0.5) is 5.69 Å². The number of nitrogens with zero attached hydrogens (tertiary/aromatic N) is 3. The van der Waals surface area contributed by atoms with Gasteiger partial charge in [-0.25, -0.2) is 4.98 Å². The van der Waals surface area contributed by atoms with Crippen LogP contribution >= 0.6 is 22.9 Å². The SMILES string of the molecule is CN=C(NCc1ncc(C)s1)NCC1CCN(c2cc(Cl)ccc2C)C1. The molecule has 1 aliphatic heterocycles. The summed E-state index contributed by atoms with van der Waals surface area (Å²) in [6.07, 6.45) is 3.07. The lowest BCUT2D eigenvalue weighted by Gasteiger charge is -2.21. The molecule has 0 bridgehead atoms. The van der Waals surface area contributed by atoms with E-state index >= 15 is 0 Å². The molecule has 7 heteroatoms. The zero-order valence-corrected chi connectivity index (χ0v) is 17.1. The Hall–Kier alpha value is -1.79. The van der Waals surface area contributed by atoms with Gasteiger partial charge in [-0.05, 0) is 43.9 Å². The second-order valence-corrected chi connectivity index (χ2v) is 8.46. The summed E-state index contributed by atoms with van der Waals surface area (Å²) in [5.74, 6) is 1.42. The predicted octanol–water partition coefficient (Wildman–Crippen LogP) is 3.60. The van der Waals surface area contributed by atoms with Crippen molar-refractivity contribution in [2.45, 2.75) is 26.8 Å². The van der Waals surface area contributed by atoms with E-state index < -0.39 is 0 Å². The van der Waals surface area contributed by atoms with Gasteiger partial charge in [0.1, 0.15) is 5.01 Å². The van der Waals surface area contributed by atoms with Gasteiger partial charge in [0.15, 0.2) is 5.96 Å². The van der Waals surface area contributed by atoms with E-state index in [9.17, 15) is 0 Å². The molecule has 1 aromatic heterocycles. The molecule has 1 aromatic carbocycles. The Kier molecular flexibility index (Phi) is 6.38. The van der Waals surface area contributed by atoms with Gasteiger partial charge in [-0.3, -0.25) is 4.99 Å². The lowest BCUT2D eigenvalue weighted by molar-refractivity contribution is 0.565. The van der Waals surface area contributed by atoms with Gasteiger partial charge in [-0.1, -0.05) is 17.7 Å². The highest BCUT2D eigenvalue weighted by atomic mass is 35.5. The summed E-state index contributed by atoms with van der Waals surface area (Å²) in [7, 11) is 1.80. The highest BCUT2D eigenvalue weighted by molar-refractivity contribution is 7.11. The molecular formula is C19H26ClN5S. The fraction of sp³-hybridized carbons (Fsp3) is 0.474. The van der Waals surface area contributed by atoms with Crippen molar-refractivity contribution < 1.29 is 0 Å². The summed E-state index contributed by atoms with van der Waals surface area (Å²) in [6.45, 7) is 7.93. The Morgan fingerprint density at radius 3 is 2.96 bits per heavy atom. The topological polar surface area (TPSA) is 52.6 Å². The molecule has 0 saturated carbocycles. The summed E-state index contributed by atoms with van der Waals surface area (Å²) in [4.78, 5) is 12.3. The van der Waals surface area contributed by atoms with E-state index in [4.69, 9.17) is 11.6 Å². The maximum atomic E-state index is 6.17. The van der Waals surface area contributed by atoms with E-state index in [0.717, 1.165) is 35.6 Å². The largest absolute Gasteiger partial charge is 0.371 e. The number of nitrogens with one attached hydrogen (secondary N) is 2. The number of anilines is 1. The van der Waals surface area contributed by atoms with Crippen LogP contribution in [0.5, 0.6) is 0 Å². The van der Waals surface area contributed by atoms with Crippen LogP contribution in [0.15, 0.2) is 29.4 Å². The van der Waals surface area contributed by atoms with E-state index in [2.05, 4.69) is 51.5 Å². The van der Waals surface area contributed by atoms with Crippen molar-refractivity contribution in [2.24, 2.45) is 10.9 Å². The number of guanidine groups is 1. The molecule has 140 valence electrons. The molecule has 3 rings (SSSR count). The monoisotopic (exact) mass is 391 g/mol. The number of hydrogen-bond donors (Lipinski definition) is 2. The average molecular weight is 392 g/mol. The molecule has 1 aliphatic rings. The predicted molar refractivity (Wildman–Crippen MR) is 112 cm³/mol. The molecule has 0 radical (unpaired) electrons. The van der Waals surface area contributed by atoms with Gasteiger partial charge in [0.05, 0.1) is 6.54 Å². The number of hydrogen-bond acceptors (Lipinski definition) is 4. The molecule has 0 aliphatic carbocycles. The van der Waals surface area contributed by atoms with Crippen LogP contribution in [0.3, 0.4) is 0 Å². The van der Waals surface area contributed by atoms with Gasteiger partial charge in [-0.15, -0.1) is 11.3 Å².